The summed E-state index contributed by atoms with van der Waals surface area (Å²) >= 11 is 3.47. The normalized spacial score (nSPS) is 19.2. The van der Waals surface area contributed by atoms with Gasteiger partial charge in [-0.15, -0.1) is 0 Å². The zero-order valence-electron chi connectivity index (χ0n) is 15.9. The first-order valence-electron chi connectivity index (χ1n) is 9.74. The molecule has 2 aliphatic heterocycles. The number of carbonyl (C=O) groups excluding carboxylic acids is 2. The van der Waals surface area contributed by atoms with Gasteiger partial charge >= 0.3 is 6.09 Å². The van der Waals surface area contributed by atoms with Gasteiger partial charge in [-0.3, -0.25) is 9.69 Å². The van der Waals surface area contributed by atoms with Crippen molar-refractivity contribution in [3.8, 4) is 0 Å². The van der Waals surface area contributed by atoms with Crippen molar-refractivity contribution in [2.75, 3.05) is 45.9 Å². The van der Waals surface area contributed by atoms with Gasteiger partial charge in [-0.25, -0.2) is 4.79 Å². The van der Waals surface area contributed by atoms with Crippen LogP contribution in [0.5, 0.6) is 0 Å². The monoisotopic (exact) mass is 437 g/mol. The average molecular weight is 438 g/mol. The number of carbonyl (C=O) groups is 2. The fourth-order valence-electron chi connectivity index (χ4n) is 3.77. The third kappa shape index (κ3) is 5.45. The van der Waals surface area contributed by atoms with Crippen LogP contribution in [0.3, 0.4) is 0 Å². The Morgan fingerprint density at radius 3 is 2.19 bits per heavy atom. The lowest BCUT2D eigenvalue weighted by molar-refractivity contribution is -0.138. The summed E-state index contributed by atoms with van der Waals surface area (Å²) in [6, 6.07) is 8.43. The molecule has 2 heterocycles. The van der Waals surface area contributed by atoms with Crippen LogP contribution in [-0.2, 0) is 16.1 Å². The first-order chi connectivity index (χ1) is 13.1. The summed E-state index contributed by atoms with van der Waals surface area (Å²) in [6.45, 7) is 7.38. The lowest BCUT2D eigenvalue weighted by atomic mass is 9.94. The van der Waals surface area contributed by atoms with Crippen LogP contribution >= 0.6 is 15.9 Å². The minimum absolute atomic E-state index is 0.111. The van der Waals surface area contributed by atoms with Crippen LogP contribution in [0, 0.1) is 5.92 Å². The van der Waals surface area contributed by atoms with Gasteiger partial charge in [0.25, 0.3) is 0 Å². The molecule has 2 saturated heterocycles. The molecule has 0 atom stereocenters. The Kier molecular flexibility index (Phi) is 7.13. The molecule has 0 bridgehead atoms. The van der Waals surface area contributed by atoms with E-state index < -0.39 is 0 Å². The van der Waals surface area contributed by atoms with Crippen LogP contribution in [0.15, 0.2) is 28.7 Å². The first kappa shape index (κ1) is 20.1. The molecule has 0 unspecified atom stereocenters. The molecule has 0 radical (unpaired) electrons. The second-order valence-electron chi connectivity index (χ2n) is 7.19. The number of ether oxygens (including phenoxy) is 1. The SMILES string of the molecule is CCOC(=O)N1CCN(C(=O)C2CCN(Cc3ccc(Br)cc3)CC2)CC1. The largest absolute Gasteiger partial charge is 0.450 e. The van der Waals surface area contributed by atoms with Gasteiger partial charge < -0.3 is 14.5 Å². The number of rotatable bonds is 4. The molecule has 0 N–H and O–H groups in total. The van der Waals surface area contributed by atoms with E-state index in [9.17, 15) is 9.59 Å². The van der Waals surface area contributed by atoms with Crippen molar-refractivity contribution in [3.05, 3.63) is 34.3 Å². The molecular formula is C20H28BrN3O3. The van der Waals surface area contributed by atoms with E-state index in [-0.39, 0.29) is 17.9 Å². The number of hydrogen-bond donors (Lipinski definition) is 0. The van der Waals surface area contributed by atoms with Crippen LogP contribution in [-0.4, -0.2) is 72.6 Å². The number of nitrogens with zero attached hydrogens (tertiary/aromatic N) is 3. The van der Waals surface area contributed by atoms with Gasteiger partial charge in [-0.2, -0.15) is 0 Å². The van der Waals surface area contributed by atoms with E-state index in [1.54, 1.807) is 11.8 Å². The number of piperidine rings is 1. The van der Waals surface area contributed by atoms with E-state index in [0.29, 0.717) is 32.8 Å². The topological polar surface area (TPSA) is 53.1 Å². The van der Waals surface area contributed by atoms with Crippen molar-refractivity contribution >= 4 is 27.9 Å². The smallest absolute Gasteiger partial charge is 0.409 e. The highest BCUT2D eigenvalue weighted by molar-refractivity contribution is 9.10. The summed E-state index contributed by atoms with van der Waals surface area (Å²) in [5, 5.41) is 0. The lowest BCUT2D eigenvalue weighted by Gasteiger charge is -2.38. The molecule has 148 valence electrons. The van der Waals surface area contributed by atoms with Crippen molar-refractivity contribution < 1.29 is 14.3 Å². The third-order valence-corrected chi connectivity index (χ3v) is 5.90. The van der Waals surface area contributed by atoms with Gasteiger partial charge in [0.15, 0.2) is 0 Å². The van der Waals surface area contributed by atoms with Gasteiger partial charge in [0.2, 0.25) is 5.91 Å². The Bertz CT molecular complexity index is 636. The highest BCUT2D eigenvalue weighted by atomic mass is 79.9. The summed E-state index contributed by atoms with van der Waals surface area (Å²) in [4.78, 5) is 30.6. The molecule has 0 aromatic heterocycles. The van der Waals surface area contributed by atoms with E-state index in [1.165, 1.54) is 5.56 Å². The quantitative estimate of drug-likeness (QED) is 0.726. The Morgan fingerprint density at radius 1 is 1.00 bits per heavy atom. The van der Waals surface area contributed by atoms with Crippen molar-refractivity contribution in [1.82, 2.24) is 14.7 Å². The summed E-state index contributed by atoms with van der Waals surface area (Å²) in [5.74, 6) is 0.363. The Labute approximate surface area is 169 Å². The fourth-order valence-corrected chi connectivity index (χ4v) is 4.03. The van der Waals surface area contributed by atoms with E-state index in [4.69, 9.17) is 4.74 Å². The van der Waals surface area contributed by atoms with Crippen molar-refractivity contribution in [2.24, 2.45) is 5.92 Å². The predicted octanol–water partition coefficient (Wildman–Crippen LogP) is 2.96. The van der Waals surface area contributed by atoms with Crippen molar-refractivity contribution in [2.45, 2.75) is 26.3 Å². The lowest BCUT2D eigenvalue weighted by Crippen LogP contribution is -2.53. The number of amides is 2. The molecule has 7 heteroatoms. The van der Waals surface area contributed by atoms with Crippen LogP contribution in [0.4, 0.5) is 4.79 Å². The molecule has 0 aliphatic carbocycles. The number of benzene rings is 1. The number of likely N-dealkylation sites (tertiary alicyclic amines) is 1. The summed E-state index contributed by atoms with van der Waals surface area (Å²) in [6.07, 6.45) is 1.55. The fraction of sp³-hybridized carbons (Fsp3) is 0.600. The van der Waals surface area contributed by atoms with E-state index in [2.05, 4.69) is 45.1 Å². The molecule has 2 amide bonds. The summed E-state index contributed by atoms with van der Waals surface area (Å²) in [7, 11) is 0. The number of halogens is 1. The zero-order valence-corrected chi connectivity index (χ0v) is 17.5. The predicted molar refractivity (Wildman–Crippen MR) is 107 cm³/mol. The average Bonchev–Trinajstić information content (AvgIpc) is 2.70. The van der Waals surface area contributed by atoms with Crippen molar-refractivity contribution in [1.29, 1.82) is 0 Å². The molecule has 6 nitrogen and oxygen atoms in total. The number of piperazine rings is 1. The molecule has 1 aromatic rings. The molecule has 0 saturated carbocycles. The molecule has 3 rings (SSSR count). The zero-order chi connectivity index (χ0) is 19.2. The maximum atomic E-state index is 12.8. The molecule has 2 aliphatic rings. The maximum absolute atomic E-state index is 12.8. The van der Waals surface area contributed by atoms with E-state index in [1.807, 2.05) is 4.90 Å². The van der Waals surface area contributed by atoms with Crippen LogP contribution < -0.4 is 0 Å². The second-order valence-corrected chi connectivity index (χ2v) is 8.10. The van der Waals surface area contributed by atoms with Gasteiger partial charge in [-0.05, 0) is 50.6 Å². The maximum Gasteiger partial charge on any atom is 0.409 e. The Hall–Kier alpha value is -1.60. The summed E-state index contributed by atoms with van der Waals surface area (Å²) < 4.78 is 6.13. The minimum Gasteiger partial charge on any atom is -0.450 e. The van der Waals surface area contributed by atoms with Crippen LogP contribution in [0.1, 0.15) is 25.3 Å². The molecule has 27 heavy (non-hydrogen) atoms. The summed E-state index contributed by atoms with van der Waals surface area (Å²) in [5.41, 5.74) is 1.30. The highest BCUT2D eigenvalue weighted by Crippen LogP contribution is 2.22. The molecule has 0 spiro atoms. The first-order valence-corrected chi connectivity index (χ1v) is 10.5. The van der Waals surface area contributed by atoms with Gasteiger partial charge in [0.05, 0.1) is 6.61 Å². The van der Waals surface area contributed by atoms with Crippen LogP contribution in [0.25, 0.3) is 0 Å². The molecular weight excluding hydrogens is 410 g/mol. The van der Waals surface area contributed by atoms with Gasteiger partial charge in [0, 0.05) is 43.1 Å². The van der Waals surface area contributed by atoms with Crippen LogP contribution in [0.2, 0.25) is 0 Å². The minimum atomic E-state index is -0.272. The van der Waals surface area contributed by atoms with E-state index >= 15 is 0 Å². The second kappa shape index (κ2) is 9.55. The third-order valence-electron chi connectivity index (χ3n) is 5.37. The number of hydrogen-bond acceptors (Lipinski definition) is 4. The standard InChI is InChI=1S/C20H28BrN3O3/c1-2-27-20(26)24-13-11-23(12-14-24)19(25)17-7-9-22(10-8-17)15-16-3-5-18(21)6-4-16/h3-6,17H,2,7-15H2,1H3. The van der Waals surface area contributed by atoms with E-state index in [0.717, 1.165) is 36.9 Å². The highest BCUT2D eigenvalue weighted by Gasteiger charge is 2.31. The molecule has 1 aromatic carbocycles. The Morgan fingerprint density at radius 2 is 1.59 bits per heavy atom. The van der Waals surface area contributed by atoms with Gasteiger partial charge in [-0.1, -0.05) is 28.1 Å². The Balaban J connectivity index is 1.42. The van der Waals surface area contributed by atoms with Gasteiger partial charge in [0.1, 0.15) is 0 Å². The molecule has 2 fully saturated rings. The van der Waals surface area contributed by atoms with Crippen molar-refractivity contribution in [3.63, 3.8) is 0 Å².